The van der Waals surface area contributed by atoms with E-state index in [0.29, 0.717) is 5.75 Å². The van der Waals surface area contributed by atoms with E-state index >= 15 is 0 Å². The van der Waals surface area contributed by atoms with Gasteiger partial charge in [-0.25, -0.2) is 0 Å². The smallest absolute Gasteiger partial charge is 0.115 e. The van der Waals surface area contributed by atoms with Gasteiger partial charge in [0.25, 0.3) is 0 Å². The second kappa shape index (κ2) is 1.98. The molecule has 58 valence electrons. The molecule has 1 aromatic carbocycles. The molecule has 2 rings (SSSR count). The lowest BCUT2D eigenvalue weighted by atomic mass is 10.1. The topological polar surface area (TPSA) is 46.2 Å². The van der Waals surface area contributed by atoms with Crippen LogP contribution in [0.4, 0.5) is 0 Å². The highest BCUT2D eigenvalue weighted by atomic mass is 16.3. The summed E-state index contributed by atoms with van der Waals surface area (Å²) in [5.74, 6) is 0.304. The fourth-order valence-electron chi connectivity index (χ4n) is 1.22. The van der Waals surface area contributed by atoms with Crippen LogP contribution in [0.2, 0.25) is 0 Å². The molecule has 0 aromatic heterocycles. The van der Waals surface area contributed by atoms with Crippen LogP contribution in [0.5, 0.6) is 5.75 Å². The molecule has 0 heterocycles. The molecule has 11 heavy (non-hydrogen) atoms. The monoisotopic (exact) mass is 149 g/mol. The average molecular weight is 149 g/mol. The standard InChI is InChI=1S/C9H11NO/c10-9(5-6-9)7-1-3-8(11)4-2-7/h1-4,11H,5-6,10H2. The summed E-state index contributed by atoms with van der Waals surface area (Å²) in [6.07, 6.45) is 2.13. The summed E-state index contributed by atoms with van der Waals surface area (Å²) in [4.78, 5) is 0. The van der Waals surface area contributed by atoms with Crippen LogP contribution in [0.25, 0.3) is 0 Å². The quantitative estimate of drug-likeness (QED) is 0.633. The Morgan fingerprint density at radius 1 is 1.18 bits per heavy atom. The SMILES string of the molecule is NC1(c2ccc(O)cc2)CC1. The minimum atomic E-state index is -0.0757. The van der Waals surface area contributed by atoms with E-state index in [2.05, 4.69) is 0 Å². The molecule has 0 amide bonds. The fourth-order valence-corrected chi connectivity index (χ4v) is 1.22. The van der Waals surface area contributed by atoms with E-state index in [1.165, 1.54) is 0 Å². The van der Waals surface area contributed by atoms with Crippen molar-refractivity contribution in [2.75, 3.05) is 0 Å². The van der Waals surface area contributed by atoms with Crippen LogP contribution in [0, 0.1) is 0 Å². The van der Waals surface area contributed by atoms with Gasteiger partial charge in [0, 0.05) is 5.54 Å². The van der Waals surface area contributed by atoms with E-state index < -0.39 is 0 Å². The van der Waals surface area contributed by atoms with Gasteiger partial charge in [0.2, 0.25) is 0 Å². The Bertz CT molecular complexity index is 261. The van der Waals surface area contributed by atoms with Crippen molar-refractivity contribution in [2.24, 2.45) is 5.73 Å². The number of nitrogens with two attached hydrogens (primary N) is 1. The molecule has 0 atom stereocenters. The zero-order chi connectivity index (χ0) is 7.90. The summed E-state index contributed by atoms with van der Waals surface area (Å²) in [5, 5.41) is 9.00. The van der Waals surface area contributed by atoms with Gasteiger partial charge in [-0.15, -0.1) is 0 Å². The van der Waals surface area contributed by atoms with E-state index in [4.69, 9.17) is 10.8 Å². The van der Waals surface area contributed by atoms with Crippen molar-refractivity contribution in [1.29, 1.82) is 0 Å². The van der Waals surface area contributed by atoms with Gasteiger partial charge in [0.1, 0.15) is 5.75 Å². The van der Waals surface area contributed by atoms with Crippen LogP contribution in [-0.4, -0.2) is 5.11 Å². The van der Waals surface area contributed by atoms with Crippen molar-refractivity contribution in [3.8, 4) is 5.75 Å². The molecule has 1 aromatic rings. The molecule has 1 fully saturated rings. The maximum atomic E-state index is 9.00. The Hall–Kier alpha value is -1.02. The molecule has 2 nitrogen and oxygen atoms in total. The highest BCUT2D eigenvalue weighted by Gasteiger charge is 2.39. The minimum Gasteiger partial charge on any atom is -0.508 e. The van der Waals surface area contributed by atoms with Crippen molar-refractivity contribution in [1.82, 2.24) is 0 Å². The summed E-state index contributed by atoms with van der Waals surface area (Å²) in [6, 6.07) is 7.15. The predicted molar refractivity (Wildman–Crippen MR) is 43.2 cm³/mol. The number of phenols is 1. The molecule has 0 saturated heterocycles. The van der Waals surface area contributed by atoms with E-state index in [0.717, 1.165) is 18.4 Å². The maximum absolute atomic E-state index is 9.00. The first kappa shape index (κ1) is 6.68. The van der Waals surface area contributed by atoms with Crippen molar-refractivity contribution in [3.05, 3.63) is 29.8 Å². The fraction of sp³-hybridized carbons (Fsp3) is 0.333. The summed E-state index contributed by atoms with van der Waals surface area (Å²) in [5.41, 5.74) is 7.00. The molecule has 0 unspecified atom stereocenters. The summed E-state index contributed by atoms with van der Waals surface area (Å²) in [7, 11) is 0. The Kier molecular flexibility index (Phi) is 1.20. The summed E-state index contributed by atoms with van der Waals surface area (Å²) in [6.45, 7) is 0. The lowest BCUT2D eigenvalue weighted by molar-refractivity contribution is 0.475. The molecule has 0 bridgehead atoms. The second-order valence-corrected chi connectivity index (χ2v) is 3.20. The second-order valence-electron chi connectivity index (χ2n) is 3.20. The van der Waals surface area contributed by atoms with Crippen molar-refractivity contribution < 1.29 is 5.11 Å². The first-order valence-electron chi connectivity index (χ1n) is 3.79. The first-order valence-corrected chi connectivity index (χ1v) is 3.79. The van der Waals surface area contributed by atoms with Gasteiger partial charge in [-0.05, 0) is 30.5 Å². The van der Waals surface area contributed by atoms with Crippen LogP contribution >= 0.6 is 0 Å². The van der Waals surface area contributed by atoms with Crippen LogP contribution < -0.4 is 5.73 Å². The lowest BCUT2D eigenvalue weighted by Crippen LogP contribution is -2.18. The van der Waals surface area contributed by atoms with E-state index in [9.17, 15) is 0 Å². The van der Waals surface area contributed by atoms with Crippen molar-refractivity contribution >= 4 is 0 Å². The van der Waals surface area contributed by atoms with Gasteiger partial charge in [-0.3, -0.25) is 0 Å². The van der Waals surface area contributed by atoms with Crippen LogP contribution in [-0.2, 0) is 5.54 Å². The van der Waals surface area contributed by atoms with Crippen molar-refractivity contribution in [3.63, 3.8) is 0 Å². The van der Waals surface area contributed by atoms with Crippen molar-refractivity contribution in [2.45, 2.75) is 18.4 Å². The van der Waals surface area contributed by atoms with Gasteiger partial charge < -0.3 is 10.8 Å². The molecule has 1 saturated carbocycles. The summed E-state index contributed by atoms with van der Waals surface area (Å²) >= 11 is 0. The normalized spacial score (nSPS) is 19.7. The number of hydrogen-bond acceptors (Lipinski definition) is 2. The Morgan fingerprint density at radius 3 is 2.18 bits per heavy atom. The molecule has 2 heteroatoms. The highest BCUT2D eigenvalue weighted by molar-refractivity contribution is 5.33. The van der Waals surface area contributed by atoms with Gasteiger partial charge in [-0.1, -0.05) is 12.1 Å². The predicted octanol–water partition coefficient (Wildman–Crippen LogP) is 1.34. The van der Waals surface area contributed by atoms with Gasteiger partial charge in [0.05, 0.1) is 0 Å². The average Bonchev–Trinajstić information content (AvgIpc) is 2.70. The van der Waals surface area contributed by atoms with Crippen LogP contribution in [0.3, 0.4) is 0 Å². The third kappa shape index (κ3) is 1.10. The zero-order valence-electron chi connectivity index (χ0n) is 6.25. The highest BCUT2D eigenvalue weighted by Crippen LogP contribution is 2.42. The van der Waals surface area contributed by atoms with E-state index in [1.807, 2.05) is 12.1 Å². The Morgan fingerprint density at radius 2 is 1.73 bits per heavy atom. The van der Waals surface area contributed by atoms with Gasteiger partial charge in [-0.2, -0.15) is 0 Å². The molecule has 0 aliphatic heterocycles. The number of hydrogen-bond donors (Lipinski definition) is 2. The largest absolute Gasteiger partial charge is 0.508 e. The molecule has 0 radical (unpaired) electrons. The number of phenolic OH excluding ortho intramolecular Hbond substituents is 1. The van der Waals surface area contributed by atoms with E-state index in [1.54, 1.807) is 12.1 Å². The minimum absolute atomic E-state index is 0.0757. The van der Waals surface area contributed by atoms with E-state index in [-0.39, 0.29) is 5.54 Å². The lowest BCUT2D eigenvalue weighted by Gasteiger charge is -2.07. The number of benzene rings is 1. The maximum Gasteiger partial charge on any atom is 0.115 e. The zero-order valence-corrected chi connectivity index (χ0v) is 6.25. The Balaban J connectivity index is 2.33. The molecular formula is C9H11NO. The molecular weight excluding hydrogens is 138 g/mol. The van der Waals surface area contributed by atoms with Gasteiger partial charge in [0.15, 0.2) is 0 Å². The molecule has 0 spiro atoms. The summed E-state index contributed by atoms with van der Waals surface area (Å²) < 4.78 is 0. The third-order valence-corrected chi connectivity index (χ3v) is 2.23. The third-order valence-electron chi connectivity index (χ3n) is 2.23. The van der Waals surface area contributed by atoms with Crippen LogP contribution in [0.15, 0.2) is 24.3 Å². The van der Waals surface area contributed by atoms with Gasteiger partial charge >= 0.3 is 0 Å². The van der Waals surface area contributed by atoms with Crippen LogP contribution in [0.1, 0.15) is 18.4 Å². The number of rotatable bonds is 1. The number of aromatic hydroxyl groups is 1. The molecule has 3 N–H and O–H groups in total. The molecule has 1 aliphatic rings. The first-order chi connectivity index (χ1) is 5.21. The molecule has 1 aliphatic carbocycles. The Labute approximate surface area is 65.7 Å².